The van der Waals surface area contributed by atoms with Crippen LogP contribution in [0.3, 0.4) is 0 Å². The molecule has 0 radical (unpaired) electrons. The summed E-state index contributed by atoms with van der Waals surface area (Å²) in [5.41, 5.74) is 0.289. The molecule has 3 fully saturated rings. The van der Waals surface area contributed by atoms with E-state index in [2.05, 4.69) is 4.90 Å². The van der Waals surface area contributed by atoms with Gasteiger partial charge in [-0.1, -0.05) is 6.42 Å². The van der Waals surface area contributed by atoms with Gasteiger partial charge in [-0.15, -0.1) is 0 Å². The van der Waals surface area contributed by atoms with Gasteiger partial charge < -0.3 is 14.2 Å². The molecule has 1 spiro atoms. The summed E-state index contributed by atoms with van der Waals surface area (Å²) in [7, 11) is 0. The zero-order valence-corrected chi connectivity index (χ0v) is 14.4. The smallest absolute Gasteiger partial charge is 0.257 e. The van der Waals surface area contributed by atoms with Crippen LogP contribution in [-0.4, -0.2) is 47.8 Å². The third-order valence-electron chi connectivity index (χ3n) is 6.26. The first-order valence-electron chi connectivity index (χ1n) is 9.22. The summed E-state index contributed by atoms with van der Waals surface area (Å²) < 4.78 is 5.26. The third-order valence-corrected chi connectivity index (χ3v) is 6.26. The van der Waals surface area contributed by atoms with Crippen LogP contribution in [0.25, 0.3) is 0 Å². The van der Waals surface area contributed by atoms with Crippen molar-refractivity contribution in [2.75, 3.05) is 26.2 Å². The molecule has 0 bridgehead atoms. The van der Waals surface area contributed by atoms with Gasteiger partial charge in [0, 0.05) is 26.2 Å². The predicted octanol–water partition coefficient (Wildman–Crippen LogP) is 2.84. The maximum atomic E-state index is 13.1. The van der Waals surface area contributed by atoms with Crippen LogP contribution >= 0.6 is 0 Å². The average molecular weight is 330 g/mol. The summed E-state index contributed by atoms with van der Waals surface area (Å²) in [4.78, 5) is 29.8. The van der Waals surface area contributed by atoms with E-state index < -0.39 is 0 Å². The Bertz CT molecular complexity index is 649. The van der Waals surface area contributed by atoms with E-state index in [9.17, 15) is 9.59 Å². The summed E-state index contributed by atoms with van der Waals surface area (Å²) in [6.07, 6.45) is 8.18. The number of hydrogen-bond acceptors (Lipinski definition) is 3. The fraction of sp³-hybridized carbons (Fsp3) is 0.684. The van der Waals surface area contributed by atoms with Crippen LogP contribution < -0.4 is 0 Å². The molecule has 5 nitrogen and oxygen atoms in total. The van der Waals surface area contributed by atoms with E-state index in [1.807, 2.05) is 11.8 Å². The molecular weight excluding hydrogens is 304 g/mol. The van der Waals surface area contributed by atoms with E-state index in [0.29, 0.717) is 36.2 Å². The van der Waals surface area contributed by atoms with E-state index in [1.54, 1.807) is 12.3 Å². The number of carbonyl (C=O) groups excluding carboxylic acids is 2. The van der Waals surface area contributed by atoms with Crippen molar-refractivity contribution in [3.05, 3.63) is 23.7 Å². The van der Waals surface area contributed by atoms with E-state index in [4.69, 9.17) is 4.42 Å². The second-order valence-electron chi connectivity index (χ2n) is 7.80. The lowest BCUT2D eigenvalue weighted by molar-refractivity contribution is -0.146. The Morgan fingerprint density at radius 1 is 1.29 bits per heavy atom. The van der Waals surface area contributed by atoms with Crippen LogP contribution in [0.2, 0.25) is 0 Å². The van der Waals surface area contributed by atoms with E-state index in [-0.39, 0.29) is 11.3 Å². The Morgan fingerprint density at radius 3 is 2.79 bits per heavy atom. The Morgan fingerprint density at radius 2 is 2.12 bits per heavy atom. The minimum Gasteiger partial charge on any atom is -0.469 e. The van der Waals surface area contributed by atoms with Crippen molar-refractivity contribution < 1.29 is 14.0 Å². The standard InChI is InChI=1S/C19H26N2O3/c1-14-16(6-11-24-14)17(22)21-10-8-19(13-21)7-3-9-20(18(19)23)12-15-4-2-5-15/h6,11,15H,2-5,7-10,12-13H2,1H3. The molecule has 1 aromatic heterocycles. The zero-order valence-electron chi connectivity index (χ0n) is 14.4. The van der Waals surface area contributed by atoms with E-state index in [1.165, 1.54) is 19.3 Å². The number of hydrogen-bond donors (Lipinski definition) is 0. The normalized spacial score (nSPS) is 27.8. The van der Waals surface area contributed by atoms with E-state index >= 15 is 0 Å². The molecule has 1 aromatic rings. The fourth-order valence-corrected chi connectivity index (χ4v) is 4.52. The monoisotopic (exact) mass is 330 g/mol. The summed E-state index contributed by atoms with van der Waals surface area (Å²) >= 11 is 0. The molecule has 0 aromatic carbocycles. The topological polar surface area (TPSA) is 53.8 Å². The number of carbonyl (C=O) groups is 2. The number of amides is 2. The second-order valence-corrected chi connectivity index (χ2v) is 7.80. The van der Waals surface area contributed by atoms with Crippen molar-refractivity contribution in [2.45, 2.75) is 45.4 Å². The molecule has 1 atom stereocenters. The Balaban J connectivity index is 1.46. The lowest BCUT2D eigenvalue weighted by atomic mass is 9.77. The van der Waals surface area contributed by atoms with Crippen LogP contribution in [0.15, 0.2) is 16.7 Å². The van der Waals surface area contributed by atoms with Crippen molar-refractivity contribution in [1.82, 2.24) is 9.80 Å². The minimum atomic E-state index is -0.338. The number of likely N-dealkylation sites (tertiary alicyclic amines) is 2. The Kier molecular flexibility index (Phi) is 3.89. The first-order chi connectivity index (χ1) is 11.6. The highest BCUT2D eigenvalue weighted by atomic mass is 16.3. The molecule has 3 aliphatic rings. The third kappa shape index (κ3) is 2.54. The van der Waals surface area contributed by atoms with Crippen molar-refractivity contribution in [3.63, 3.8) is 0 Å². The van der Waals surface area contributed by atoms with Crippen molar-refractivity contribution in [3.8, 4) is 0 Å². The van der Waals surface area contributed by atoms with Crippen molar-refractivity contribution in [2.24, 2.45) is 11.3 Å². The molecule has 1 unspecified atom stereocenters. The van der Waals surface area contributed by atoms with Gasteiger partial charge in [-0.25, -0.2) is 0 Å². The Labute approximate surface area is 143 Å². The SMILES string of the molecule is Cc1occc1C(=O)N1CCC2(CCCN(CC3CCC3)C2=O)C1. The van der Waals surface area contributed by atoms with Gasteiger partial charge in [0.05, 0.1) is 17.2 Å². The van der Waals surface area contributed by atoms with Gasteiger partial charge in [0.15, 0.2) is 0 Å². The molecule has 130 valence electrons. The summed E-state index contributed by atoms with van der Waals surface area (Å²) in [6.45, 7) is 4.87. The van der Waals surface area contributed by atoms with Gasteiger partial charge in [0.2, 0.25) is 5.91 Å². The summed E-state index contributed by atoms with van der Waals surface area (Å²) in [6, 6.07) is 1.73. The number of aryl methyl sites for hydroxylation is 1. The van der Waals surface area contributed by atoms with Crippen LogP contribution in [0, 0.1) is 18.3 Å². The van der Waals surface area contributed by atoms with Gasteiger partial charge in [-0.05, 0) is 51.0 Å². The van der Waals surface area contributed by atoms with Crippen molar-refractivity contribution >= 4 is 11.8 Å². The average Bonchev–Trinajstić information content (AvgIpc) is 3.14. The van der Waals surface area contributed by atoms with Gasteiger partial charge in [0.25, 0.3) is 5.91 Å². The molecule has 1 aliphatic carbocycles. The van der Waals surface area contributed by atoms with Gasteiger partial charge in [-0.2, -0.15) is 0 Å². The van der Waals surface area contributed by atoms with Crippen molar-refractivity contribution in [1.29, 1.82) is 0 Å². The molecule has 1 saturated carbocycles. The summed E-state index contributed by atoms with van der Waals surface area (Å²) in [5.74, 6) is 1.65. The van der Waals surface area contributed by atoms with E-state index in [0.717, 1.165) is 32.4 Å². The number of rotatable bonds is 3. The van der Waals surface area contributed by atoms with Crippen LogP contribution in [-0.2, 0) is 4.79 Å². The molecule has 2 saturated heterocycles. The van der Waals surface area contributed by atoms with Crippen LogP contribution in [0.5, 0.6) is 0 Å². The van der Waals surface area contributed by atoms with Gasteiger partial charge in [0.1, 0.15) is 5.76 Å². The molecule has 0 N–H and O–H groups in total. The Hall–Kier alpha value is -1.78. The maximum Gasteiger partial charge on any atom is 0.257 e. The second kappa shape index (κ2) is 5.94. The first-order valence-corrected chi connectivity index (χ1v) is 9.22. The zero-order chi connectivity index (χ0) is 16.7. The lowest BCUT2D eigenvalue weighted by Gasteiger charge is -2.42. The lowest BCUT2D eigenvalue weighted by Crippen LogP contribution is -2.52. The number of furan rings is 1. The predicted molar refractivity (Wildman–Crippen MR) is 89.6 cm³/mol. The maximum absolute atomic E-state index is 13.1. The van der Waals surface area contributed by atoms with Gasteiger partial charge >= 0.3 is 0 Å². The van der Waals surface area contributed by atoms with Crippen LogP contribution in [0.1, 0.15) is 54.6 Å². The first kappa shape index (κ1) is 15.7. The quantitative estimate of drug-likeness (QED) is 0.856. The molecular formula is C19H26N2O3. The number of nitrogens with zero attached hydrogens (tertiary/aromatic N) is 2. The molecule has 5 heteroatoms. The molecule has 2 aliphatic heterocycles. The minimum absolute atomic E-state index is 0.00189. The molecule has 3 heterocycles. The molecule has 4 rings (SSSR count). The molecule has 2 amide bonds. The molecule has 24 heavy (non-hydrogen) atoms. The van der Waals surface area contributed by atoms with Gasteiger partial charge in [-0.3, -0.25) is 9.59 Å². The summed E-state index contributed by atoms with van der Waals surface area (Å²) in [5, 5.41) is 0. The fourth-order valence-electron chi connectivity index (χ4n) is 4.52. The van der Waals surface area contributed by atoms with Crippen LogP contribution in [0.4, 0.5) is 0 Å². The highest BCUT2D eigenvalue weighted by Gasteiger charge is 2.49. The largest absolute Gasteiger partial charge is 0.469 e. The highest BCUT2D eigenvalue weighted by molar-refractivity contribution is 5.96. The highest BCUT2D eigenvalue weighted by Crippen LogP contribution is 2.41. The number of piperidine rings is 1.